The molecule has 1 atom stereocenters. The predicted octanol–water partition coefficient (Wildman–Crippen LogP) is 0.178. The summed E-state index contributed by atoms with van der Waals surface area (Å²) >= 11 is 0. The SMILES string of the molecule is COc1ccc(C[NH+](CCCS(=O)(=O)[O-])C2CC2)cc1. The molecule has 112 valence electrons. The van der Waals surface area contributed by atoms with E-state index in [9.17, 15) is 13.0 Å². The van der Waals surface area contributed by atoms with E-state index in [1.807, 2.05) is 24.3 Å². The molecular formula is C14H21NO4S. The van der Waals surface area contributed by atoms with Crippen LogP contribution in [0.2, 0.25) is 0 Å². The van der Waals surface area contributed by atoms with Gasteiger partial charge in [-0.25, -0.2) is 8.42 Å². The first-order valence-electron chi connectivity index (χ1n) is 6.89. The largest absolute Gasteiger partial charge is 0.748 e. The topological polar surface area (TPSA) is 70.9 Å². The molecule has 0 heterocycles. The molecule has 0 aromatic heterocycles. The van der Waals surface area contributed by atoms with Gasteiger partial charge in [-0.2, -0.15) is 0 Å². The van der Waals surface area contributed by atoms with Gasteiger partial charge in [-0.15, -0.1) is 0 Å². The van der Waals surface area contributed by atoms with Crippen LogP contribution in [0.15, 0.2) is 24.3 Å². The summed E-state index contributed by atoms with van der Waals surface area (Å²) in [6.45, 7) is 1.60. The van der Waals surface area contributed by atoms with Crippen LogP contribution >= 0.6 is 0 Å². The Morgan fingerprint density at radius 2 is 1.95 bits per heavy atom. The lowest BCUT2D eigenvalue weighted by atomic mass is 10.2. The standard InChI is InChI=1S/C14H21NO4S/c1-19-14-7-3-12(4-8-14)11-15(13-5-6-13)9-2-10-20(16,17)18/h3-4,7-8,13H,2,5-6,9-11H2,1H3,(H,16,17,18). The van der Waals surface area contributed by atoms with Crippen LogP contribution in [-0.2, 0) is 16.7 Å². The zero-order valence-electron chi connectivity index (χ0n) is 11.7. The van der Waals surface area contributed by atoms with E-state index in [4.69, 9.17) is 4.74 Å². The summed E-state index contributed by atoms with van der Waals surface area (Å²) in [6.07, 6.45) is 2.82. The fraction of sp³-hybridized carbons (Fsp3) is 0.571. The van der Waals surface area contributed by atoms with Crippen molar-refractivity contribution < 1.29 is 22.6 Å². The molecule has 1 aliphatic carbocycles. The van der Waals surface area contributed by atoms with Crippen molar-refractivity contribution in [2.24, 2.45) is 0 Å². The van der Waals surface area contributed by atoms with Gasteiger partial charge in [0.25, 0.3) is 0 Å². The minimum atomic E-state index is -4.09. The van der Waals surface area contributed by atoms with Crippen LogP contribution in [0.5, 0.6) is 5.75 Å². The molecular weight excluding hydrogens is 278 g/mol. The smallest absolute Gasteiger partial charge is 0.118 e. The van der Waals surface area contributed by atoms with Crippen molar-refractivity contribution in [3.63, 3.8) is 0 Å². The Kier molecular flexibility index (Phi) is 5.01. The van der Waals surface area contributed by atoms with E-state index >= 15 is 0 Å². The van der Waals surface area contributed by atoms with E-state index in [1.54, 1.807) is 7.11 Å². The Balaban J connectivity index is 1.88. The lowest BCUT2D eigenvalue weighted by Gasteiger charge is -2.19. The number of nitrogens with one attached hydrogen (secondary N) is 1. The highest BCUT2D eigenvalue weighted by atomic mass is 32.2. The fourth-order valence-electron chi connectivity index (χ4n) is 2.41. The number of ether oxygens (including phenoxy) is 1. The van der Waals surface area contributed by atoms with Crippen molar-refractivity contribution >= 4 is 10.1 Å². The Hall–Kier alpha value is -1.11. The molecule has 0 saturated heterocycles. The summed E-state index contributed by atoms with van der Waals surface area (Å²) in [5.41, 5.74) is 1.21. The first kappa shape index (κ1) is 15.3. The monoisotopic (exact) mass is 299 g/mol. The average molecular weight is 299 g/mol. The quantitative estimate of drug-likeness (QED) is 0.695. The Morgan fingerprint density at radius 1 is 1.30 bits per heavy atom. The molecule has 1 fully saturated rings. The Morgan fingerprint density at radius 3 is 2.45 bits per heavy atom. The van der Waals surface area contributed by atoms with Gasteiger partial charge in [0, 0.05) is 30.6 Å². The predicted molar refractivity (Wildman–Crippen MR) is 74.7 cm³/mol. The molecule has 1 aromatic carbocycles. The highest BCUT2D eigenvalue weighted by molar-refractivity contribution is 7.85. The molecule has 0 radical (unpaired) electrons. The third-order valence-corrected chi connectivity index (χ3v) is 4.43. The van der Waals surface area contributed by atoms with Crippen molar-refractivity contribution in [2.45, 2.75) is 31.8 Å². The van der Waals surface area contributed by atoms with Crippen LogP contribution in [0.1, 0.15) is 24.8 Å². The molecule has 1 unspecified atom stereocenters. The fourth-order valence-corrected chi connectivity index (χ4v) is 2.91. The first-order chi connectivity index (χ1) is 9.48. The molecule has 1 saturated carbocycles. The second-order valence-electron chi connectivity index (χ2n) is 5.32. The van der Waals surface area contributed by atoms with Crippen LogP contribution in [0.4, 0.5) is 0 Å². The molecule has 0 amide bonds. The van der Waals surface area contributed by atoms with Gasteiger partial charge in [-0.3, -0.25) is 0 Å². The molecule has 0 bridgehead atoms. The maximum atomic E-state index is 10.6. The molecule has 2 rings (SSSR count). The zero-order chi connectivity index (χ0) is 14.6. The van der Waals surface area contributed by atoms with E-state index in [2.05, 4.69) is 0 Å². The second-order valence-corrected chi connectivity index (χ2v) is 6.85. The number of methoxy groups -OCH3 is 1. The highest BCUT2D eigenvalue weighted by Gasteiger charge is 2.32. The third-order valence-electron chi connectivity index (χ3n) is 3.64. The molecule has 5 nitrogen and oxygen atoms in total. The van der Waals surface area contributed by atoms with Crippen LogP contribution in [-0.4, -0.2) is 38.4 Å². The van der Waals surface area contributed by atoms with Gasteiger partial charge in [-0.1, -0.05) is 0 Å². The van der Waals surface area contributed by atoms with E-state index in [-0.39, 0.29) is 5.75 Å². The van der Waals surface area contributed by atoms with Crippen molar-refractivity contribution in [3.8, 4) is 5.75 Å². The van der Waals surface area contributed by atoms with Gasteiger partial charge in [0.15, 0.2) is 0 Å². The van der Waals surface area contributed by atoms with Gasteiger partial charge >= 0.3 is 0 Å². The second kappa shape index (κ2) is 6.56. The average Bonchev–Trinajstić information content (AvgIpc) is 3.21. The molecule has 0 aliphatic heterocycles. The summed E-state index contributed by atoms with van der Waals surface area (Å²) in [5.74, 6) is 0.574. The third kappa shape index (κ3) is 5.11. The van der Waals surface area contributed by atoms with Gasteiger partial charge in [0.2, 0.25) is 0 Å². The maximum absolute atomic E-state index is 10.6. The highest BCUT2D eigenvalue weighted by Crippen LogP contribution is 2.16. The van der Waals surface area contributed by atoms with Gasteiger partial charge < -0.3 is 14.2 Å². The maximum Gasteiger partial charge on any atom is 0.118 e. The summed E-state index contributed by atoms with van der Waals surface area (Å²) in [4.78, 5) is 1.37. The van der Waals surface area contributed by atoms with Crippen LogP contribution in [0.25, 0.3) is 0 Å². The van der Waals surface area contributed by atoms with Gasteiger partial charge in [0.1, 0.15) is 12.3 Å². The molecule has 1 N–H and O–H groups in total. The van der Waals surface area contributed by atoms with E-state index in [1.165, 1.54) is 23.3 Å². The van der Waals surface area contributed by atoms with Crippen LogP contribution in [0, 0.1) is 0 Å². The molecule has 1 aliphatic rings. The Labute approximate surface area is 120 Å². The van der Waals surface area contributed by atoms with Crippen molar-refractivity contribution in [2.75, 3.05) is 19.4 Å². The Bertz CT molecular complexity index is 523. The minimum absolute atomic E-state index is 0.258. The van der Waals surface area contributed by atoms with Crippen molar-refractivity contribution in [1.29, 1.82) is 0 Å². The number of hydrogen-bond donors (Lipinski definition) is 1. The summed E-state index contributed by atoms with van der Waals surface area (Å²) < 4.78 is 37.1. The summed E-state index contributed by atoms with van der Waals surface area (Å²) in [7, 11) is -2.45. The van der Waals surface area contributed by atoms with E-state index in [0.29, 0.717) is 12.5 Å². The number of hydrogen-bond acceptors (Lipinski definition) is 4. The lowest BCUT2D eigenvalue weighted by molar-refractivity contribution is -0.924. The minimum Gasteiger partial charge on any atom is -0.748 e. The molecule has 1 aromatic rings. The van der Waals surface area contributed by atoms with Crippen LogP contribution in [0.3, 0.4) is 0 Å². The molecule has 6 heteroatoms. The number of benzene rings is 1. The summed E-state index contributed by atoms with van der Waals surface area (Å²) in [5, 5.41) is 0. The van der Waals surface area contributed by atoms with Crippen molar-refractivity contribution in [3.05, 3.63) is 29.8 Å². The number of quaternary nitrogens is 1. The zero-order valence-corrected chi connectivity index (χ0v) is 12.5. The van der Waals surface area contributed by atoms with Crippen molar-refractivity contribution in [1.82, 2.24) is 0 Å². The van der Waals surface area contributed by atoms with Gasteiger partial charge in [-0.05, 0) is 24.3 Å². The van der Waals surface area contributed by atoms with E-state index in [0.717, 1.165) is 18.8 Å². The lowest BCUT2D eigenvalue weighted by Crippen LogP contribution is -3.12. The normalized spacial score (nSPS) is 16.9. The first-order valence-corrected chi connectivity index (χ1v) is 8.47. The van der Waals surface area contributed by atoms with Gasteiger partial charge in [0.05, 0.1) is 29.8 Å². The molecule has 0 spiro atoms. The summed E-state index contributed by atoms with van der Waals surface area (Å²) in [6, 6.07) is 8.55. The van der Waals surface area contributed by atoms with E-state index < -0.39 is 10.1 Å². The molecule has 20 heavy (non-hydrogen) atoms. The van der Waals surface area contributed by atoms with Crippen LogP contribution < -0.4 is 9.64 Å². The number of rotatable bonds is 8.